The molecule has 1 atom stereocenters. The number of fused-ring (bicyclic) bond motifs is 1. The first-order valence-electron chi connectivity index (χ1n) is 10.4. The molecule has 0 bridgehead atoms. The number of ether oxygens (including phenoxy) is 1. The zero-order valence-corrected chi connectivity index (χ0v) is 18.0. The Morgan fingerprint density at radius 2 is 1.97 bits per heavy atom. The predicted molar refractivity (Wildman–Crippen MR) is 119 cm³/mol. The van der Waals surface area contributed by atoms with Gasteiger partial charge in [0.15, 0.2) is 0 Å². The molecule has 4 rings (SSSR count). The molecule has 2 aliphatic rings. The van der Waals surface area contributed by atoms with Crippen molar-refractivity contribution in [3.63, 3.8) is 0 Å². The third-order valence-electron chi connectivity index (χ3n) is 5.64. The van der Waals surface area contributed by atoms with Crippen molar-refractivity contribution in [2.45, 2.75) is 30.2 Å². The third kappa shape index (κ3) is 4.79. The Morgan fingerprint density at radius 3 is 2.70 bits per heavy atom. The van der Waals surface area contributed by atoms with Crippen LogP contribution >= 0.6 is 11.8 Å². The minimum atomic E-state index is -0.126. The molecule has 0 spiro atoms. The third-order valence-corrected chi connectivity index (χ3v) is 6.72. The van der Waals surface area contributed by atoms with Crippen LogP contribution in [0.15, 0.2) is 47.4 Å². The minimum absolute atomic E-state index is 0.00703. The molecule has 2 heterocycles. The van der Waals surface area contributed by atoms with Crippen LogP contribution in [0.2, 0.25) is 0 Å². The van der Waals surface area contributed by atoms with Crippen molar-refractivity contribution in [2.24, 2.45) is 0 Å². The van der Waals surface area contributed by atoms with E-state index < -0.39 is 0 Å². The van der Waals surface area contributed by atoms with Gasteiger partial charge in [-0.15, -0.1) is 11.8 Å². The summed E-state index contributed by atoms with van der Waals surface area (Å²) in [5.74, 6) is 1.45. The van der Waals surface area contributed by atoms with E-state index in [1.54, 1.807) is 24.9 Å². The molecule has 30 heavy (non-hydrogen) atoms. The van der Waals surface area contributed by atoms with Gasteiger partial charge in [0.1, 0.15) is 5.75 Å². The number of hydrogen-bond donors (Lipinski definition) is 2. The molecule has 0 radical (unpaired) electrons. The highest BCUT2D eigenvalue weighted by atomic mass is 32.2. The van der Waals surface area contributed by atoms with Crippen LogP contribution in [0.4, 0.5) is 5.69 Å². The highest BCUT2D eigenvalue weighted by Crippen LogP contribution is 2.31. The SMILES string of the molecule is COc1ccc([C@H](CNC(=O)c2ccc3c(c2)NC(=O)CCS3)N2CCCC2)cc1. The molecule has 2 aliphatic heterocycles. The van der Waals surface area contributed by atoms with Crippen LogP contribution in [0.1, 0.15) is 41.2 Å². The second-order valence-electron chi connectivity index (χ2n) is 7.60. The molecule has 158 valence electrons. The van der Waals surface area contributed by atoms with Gasteiger partial charge in [0.25, 0.3) is 5.91 Å². The maximum atomic E-state index is 12.9. The average molecular weight is 426 g/mol. The van der Waals surface area contributed by atoms with Gasteiger partial charge in [0, 0.05) is 29.2 Å². The van der Waals surface area contributed by atoms with E-state index in [0.717, 1.165) is 35.2 Å². The van der Waals surface area contributed by atoms with Crippen LogP contribution in [-0.2, 0) is 4.79 Å². The van der Waals surface area contributed by atoms with Gasteiger partial charge in [0.2, 0.25) is 5.91 Å². The molecule has 6 nitrogen and oxygen atoms in total. The van der Waals surface area contributed by atoms with Gasteiger partial charge in [-0.1, -0.05) is 12.1 Å². The second kappa shape index (κ2) is 9.53. The van der Waals surface area contributed by atoms with Crippen molar-refractivity contribution >= 4 is 29.3 Å². The monoisotopic (exact) mass is 425 g/mol. The van der Waals surface area contributed by atoms with Gasteiger partial charge in [0.05, 0.1) is 18.8 Å². The number of likely N-dealkylation sites (tertiary alicyclic amines) is 1. The number of benzene rings is 2. The lowest BCUT2D eigenvalue weighted by molar-refractivity contribution is -0.115. The van der Waals surface area contributed by atoms with E-state index in [4.69, 9.17) is 4.74 Å². The molecular weight excluding hydrogens is 398 g/mol. The maximum Gasteiger partial charge on any atom is 0.251 e. The molecule has 0 aromatic heterocycles. The van der Waals surface area contributed by atoms with E-state index in [1.165, 1.54) is 18.4 Å². The van der Waals surface area contributed by atoms with Crippen LogP contribution < -0.4 is 15.4 Å². The number of methoxy groups -OCH3 is 1. The van der Waals surface area contributed by atoms with Crippen molar-refractivity contribution in [1.82, 2.24) is 10.2 Å². The van der Waals surface area contributed by atoms with Crippen LogP contribution in [0.3, 0.4) is 0 Å². The Morgan fingerprint density at radius 1 is 1.20 bits per heavy atom. The number of nitrogens with zero attached hydrogens (tertiary/aromatic N) is 1. The normalized spacial score (nSPS) is 17.6. The van der Waals surface area contributed by atoms with Gasteiger partial charge in [-0.2, -0.15) is 0 Å². The molecule has 2 N–H and O–H groups in total. The van der Waals surface area contributed by atoms with Crippen LogP contribution in [0.25, 0.3) is 0 Å². The fourth-order valence-electron chi connectivity index (χ4n) is 3.99. The van der Waals surface area contributed by atoms with E-state index in [0.29, 0.717) is 18.5 Å². The Labute approximate surface area is 181 Å². The van der Waals surface area contributed by atoms with Crippen molar-refractivity contribution in [1.29, 1.82) is 0 Å². The van der Waals surface area contributed by atoms with Crippen LogP contribution in [0, 0.1) is 0 Å². The fraction of sp³-hybridized carbons (Fsp3) is 0.391. The number of anilines is 1. The first-order chi connectivity index (χ1) is 14.6. The molecule has 7 heteroatoms. The number of carbonyl (C=O) groups excluding carboxylic acids is 2. The molecule has 1 fully saturated rings. The summed E-state index contributed by atoms with van der Waals surface area (Å²) in [5.41, 5.74) is 2.46. The smallest absolute Gasteiger partial charge is 0.251 e. The minimum Gasteiger partial charge on any atom is -0.497 e. The number of amides is 2. The first kappa shape index (κ1) is 20.8. The molecule has 0 saturated carbocycles. The Hall–Kier alpha value is -2.51. The Balaban J connectivity index is 1.47. The van der Waals surface area contributed by atoms with Gasteiger partial charge < -0.3 is 15.4 Å². The van der Waals surface area contributed by atoms with Crippen LogP contribution in [-0.4, -0.2) is 49.2 Å². The molecule has 0 aliphatic carbocycles. The lowest BCUT2D eigenvalue weighted by atomic mass is 10.0. The van der Waals surface area contributed by atoms with Crippen molar-refractivity contribution < 1.29 is 14.3 Å². The molecule has 1 saturated heterocycles. The molecule has 2 amide bonds. The highest BCUT2D eigenvalue weighted by Gasteiger charge is 2.24. The topological polar surface area (TPSA) is 70.7 Å². The summed E-state index contributed by atoms with van der Waals surface area (Å²) in [6.07, 6.45) is 2.85. The highest BCUT2D eigenvalue weighted by molar-refractivity contribution is 7.99. The molecule has 2 aromatic rings. The second-order valence-corrected chi connectivity index (χ2v) is 8.74. The summed E-state index contributed by atoms with van der Waals surface area (Å²) in [6, 6.07) is 13.7. The quantitative estimate of drug-likeness (QED) is 0.739. The summed E-state index contributed by atoms with van der Waals surface area (Å²) < 4.78 is 5.28. The Kier molecular flexibility index (Phi) is 6.59. The lowest BCUT2D eigenvalue weighted by Crippen LogP contribution is -2.36. The number of carbonyl (C=O) groups is 2. The number of thioether (sulfide) groups is 1. The summed E-state index contributed by atoms with van der Waals surface area (Å²) >= 11 is 1.64. The van der Waals surface area contributed by atoms with Crippen molar-refractivity contribution in [2.75, 3.05) is 37.8 Å². The van der Waals surface area contributed by atoms with Crippen molar-refractivity contribution in [3.8, 4) is 5.75 Å². The van der Waals surface area contributed by atoms with E-state index in [-0.39, 0.29) is 17.9 Å². The van der Waals surface area contributed by atoms with Gasteiger partial charge in [-0.3, -0.25) is 14.5 Å². The van der Waals surface area contributed by atoms with Crippen LogP contribution in [0.5, 0.6) is 5.75 Å². The largest absolute Gasteiger partial charge is 0.497 e. The number of rotatable bonds is 6. The zero-order chi connectivity index (χ0) is 20.9. The maximum absolute atomic E-state index is 12.9. The number of hydrogen-bond acceptors (Lipinski definition) is 5. The molecule has 2 aromatic carbocycles. The van der Waals surface area contributed by atoms with Gasteiger partial charge >= 0.3 is 0 Å². The lowest BCUT2D eigenvalue weighted by Gasteiger charge is -2.28. The molecular formula is C23H27N3O3S. The summed E-state index contributed by atoms with van der Waals surface area (Å²) in [5, 5.41) is 6.01. The van der Waals surface area contributed by atoms with E-state index >= 15 is 0 Å². The first-order valence-corrected chi connectivity index (χ1v) is 11.4. The zero-order valence-electron chi connectivity index (χ0n) is 17.1. The summed E-state index contributed by atoms with van der Waals surface area (Å²) in [7, 11) is 1.66. The standard InChI is InChI=1S/C23H27N3O3S/c1-29-18-7-4-16(5-8-18)20(26-11-2-3-12-26)15-24-23(28)17-6-9-21-19(14-17)25-22(27)10-13-30-21/h4-9,14,20H,2-3,10-13,15H2,1H3,(H,24,28)(H,25,27)/t20-/m0/s1. The molecule has 0 unspecified atom stereocenters. The predicted octanol–water partition coefficient (Wildman–Crippen LogP) is 3.70. The van der Waals surface area contributed by atoms with Gasteiger partial charge in [-0.25, -0.2) is 0 Å². The van der Waals surface area contributed by atoms with E-state index in [1.807, 2.05) is 24.3 Å². The van der Waals surface area contributed by atoms with E-state index in [2.05, 4.69) is 27.7 Å². The summed E-state index contributed by atoms with van der Waals surface area (Å²) in [4.78, 5) is 28.2. The summed E-state index contributed by atoms with van der Waals surface area (Å²) in [6.45, 7) is 2.60. The van der Waals surface area contributed by atoms with E-state index in [9.17, 15) is 9.59 Å². The fourth-order valence-corrected chi connectivity index (χ4v) is 4.93. The van der Waals surface area contributed by atoms with Gasteiger partial charge in [-0.05, 0) is 61.8 Å². The Bertz CT molecular complexity index is 910. The number of nitrogens with one attached hydrogen (secondary N) is 2. The average Bonchev–Trinajstić information content (AvgIpc) is 3.22. The van der Waals surface area contributed by atoms with Crippen molar-refractivity contribution in [3.05, 3.63) is 53.6 Å².